The average Bonchev–Trinajstić information content (AvgIpc) is 3.23. The summed E-state index contributed by atoms with van der Waals surface area (Å²) in [5.74, 6) is 0.545. The molecule has 0 aliphatic carbocycles. The third-order valence-corrected chi connectivity index (χ3v) is 5.10. The molecule has 0 N–H and O–H groups in total. The molecule has 122 valence electrons. The van der Waals surface area contributed by atoms with E-state index in [1.807, 2.05) is 22.1 Å². The second-order valence-corrected chi connectivity index (χ2v) is 6.79. The maximum Gasteiger partial charge on any atom is 0.192 e. The maximum atomic E-state index is 12.9. The van der Waals surface area contributed by atoms with Crippen molar-refractivity contribution in [2.75, 3.05) is 5.75 Å². The minimum Gasteiger partial charge on any atom is -0.297 e. The number of nitrogens with zero attached hydrogens (tertiary/aromatic N) is 3. The molecule has 0 radical (unpaired) electrons. The SMILES string of the molecule is C=CCn1c(SCC(=O)c2ccc(F)cc2)nnc1-c1cccs1. The highest BCUT2D eigenvalue weighted by molar-refractivity contribution is 7.99. The number of benzene rings is 1. The first-order valence-electron chi connectivity index (χ1n) is 7.18. The van der Waals surface area contributed by atoms with Gasteiger partial charge in [0.1, 0.15) is 5.82 Å². The second-order valence-electron chi connectivity index (χ2n) is 4.90. The van der Waals surface area contributed by atoms with Crippen LogP contribution in [0.1, 0.15) is 10.4 Å². The van der Waals surface area contributed by atoms with Crippen molar-refractivity contribution >= 4 is 28.9 Å². The first-order valence-corrected chi connectivity index (χ1v) is 9.05. The minimum atomic E-state index is -0.356. The van der Waals surface area contributed by atoms with E-state index >= 15 is 0 Å². The molecule has 2 aromatic heterocycles. The molecular weight excluding hydrogens is 345 g/mol. The fourth-order valence-corrected chi connectivity index (χ4v) is 3.69. The van der Waals surface area contributed by atoms with E-state index in [4.69, 9.17) is 0 Å². The summed E-state index contributed by atoms with van der Waals surface area (Å²) in [5, 5.41) is 11.1. The van der Waals surface area contributed by atoms with Crippen LogP contribution in [-0.4, -0.2) is 26.3 Å². The Morgan fingerprint density at radius 3 is 2.75 bits per heavy atom. The third-order valence-electron chi connectivity index (χ3n) is 3.27. The Kier molecular flexibility index (Phi) is 5.22. The van der Waals surface area contributed by atoms with E-state index in [9.17, 15) is 9.18 Å². The Hall–Kier alpha value is -2.25. The van der Waals surface area contributed by atoms with Crippen molar-refractivity contribution in [2.24, 2.45) is 0 Å². The van der Waals surface area contributed by atoms with E-state index in [1.54, 1.807) is 17.4 Å². The van der Waals surface area contributed by atoms with Crippen LogP contribution >= 0.6 is 23.1 Å². The van der Waals surface area contributed by atoms with Crippen molar-refractivity contribution < 1.29 is 9.18 Å². The molecule has 3 aromatic rings. The number of hydrogen-bond donors (Lipinski definition) is 0. The number of carbonyl (C=O) groups excluding carboxylic acids is 1. The number of thiophene rings is 1. The van der Waals surface area contributed by atoms with E-state index in [0.717, 1.165) is 10.7 Å². The summed E-state index contributed by atoms with van der Waals surface area (Å²) in [6.45, 7) is 4.33. The number of Topliss-reactive ketones (excluding diaryl/α,β-unsaturated/α-hetero) is 1. The lowest BCUT2D eigenvalue weighted by Gasteiger charge is -2.06. The van der Waals surface area contributed by atoms with Gasteiger partial charge < -0.3 is 0 Å². The van der Waals surface area contributed by atoms with Gasteiger partial charge in [-0.2, -0.15) is 0 Å². The third kappa shape index (κ3) is 3.63. The van der Waals surface area contributed by atoms with Gasteiger partial charge >= 0.3 is 0 Å². The number of ketones is 1. The van der Waals surface area contributed by atoms with Crippen LogP contribution in [0.2, 0.25) is 0 Å². The van der Waals surface area contributed by atoms with Crippen molar-refractivity contribution in [2.45, 2.75) is 11.7 Å². The van der Waals surface area contributed by atoms with Gasteiger partial charge in [-0.1, -0.05) is 23.9 Å². The summed E-state index contributed by atoms with van der Waals surface area (Å²) in [6.07, 6.45) is 1.77. The highest BCUT2D eigenvalue weighted by Gasteiger charge is 2.16. The summed E-state index contributed by atoms with van der Waals surface area (Å²) in [6, 6.07) is 9.48. The average molecular weight is 359 g/mol. The van der Waals surface area contributed by atoms with Crippen LogP contribution < -0.4 is 0 Å². The quantitative estimate of drug-likeness (QED) is 0.358. The van der Waals surface area contributed by atoms with E-state index in [0.29, 0.717) is 17.3 Å². The number of rotatable bonds is 7. The summed E-state index contributed by atoms with van der Waals surface area (Å²) < 4.78 is 14.9. The summed E-state index contributed by atoms with van der Waals surface area (Å²) >= 11 is 2.90. The monoisotopic (exact) mass is 359 g/mol. The first-order chi connectivity index (χ1) is 11.7. The molecule has 0 atom stereocenters. The van der Waals surface area contributed by atoms with Crippen LogP contribution in [0.3, 0.4) is 0 Å². The Morgan fingerprint density at radius 2 is 2.08 bits per heavy atom. The van der Waals surface area contributed by atoms with Crippen LogP contribution in [0.25, 0.3) is 10.7 Å². The molecule has 7 heteroatoms. The number of hydrogen-bond acceptors (Lipinski definition) is 5. The lowest BCUT2D eigenvalue weighted by molar-refractivity contribution is 0.102. The molecule has 0 saturated carbocycles. The fraction of sp³-hybridized carbons (Fsp3) is 0.118. The zero-order valence-electron chi connectivity index (χ0n) is 12.7. The Balaban J connectivity index is 1.76. The lowest BCUT2D eigenvalue weighted by atomic mass is 10.1. The van der Waals surface area contributed by atoms with Crippen molar-refractivity contribution in [3.8, 4) is 10.7 Å². The van der Waals surface area contributed by atoms with Crippen LogP contribution in [-0.2, 0) is 6.54 Å². The molecule has 3 rings (SSSR count). The largest absolute Gasteiger partial charge is 0.297 e. The molecular formula is C17H14FN3OS2. The zero-order chi connectivity index (χ0) is 16.9. The smallest absolute Gasteiger partial charge is 0.192 e. The molecule has 0 unspecified atom stereocenters. The molecule has 0 aliphatic heterocycles. The van der Waals surface area contributed by atoms with Crippen molar-refractivity contribution in [1.29, 1.82) is 0 Å². The number of carbonyl (C=O) groups is 1. The van der Waals surface area contributed by atoms with Gasteiger partial charge in [-0.05, 0) is 35.7 Å². The number of aromatic nitrogens is 3. The fourth-order valence-electron chi connectivity index (χ4n) is 2.13. The van der Waals surface area contributed by atoms with Crippen LogP contribution in [0.4, 0.5) is 4.39 Å². The van der Waals surface area contributed by atoms with E-state index in [2.05, 4.69) is 16.8 Å². The minimum absolute atomic E-state index is 0.0779. The molecule has 0 fully saturated rings. The Bertz CT molecular complexity index is 841. The van der Waals surface area contributed by atoms with Crippen LogP contribution in [0, 0.1) is 5.82 Å². The van der Waals surface area contributed by atoms with Gasteiger partial charge in [0.15, 0.2) is 16.8 Å². The molecule has 4 nitrogen and oxygen atoms in total. The highest BCUT2D eigenvalue weighted by atomic mass is 32.2. The molecule has 0 aliphatic rings. The highest BCUT2D eigenvalue weighted by Crippen LogP contribution is 2.27. The van der Waals surface area contributed by atoms with Crippen LogP contribution in [0.5, 0.6) is 0 Å². The van der Waals surface area contributed by atoms with Gasteiger partial charge in [-0.15, -0.1) is 28.1 Å². The van der Waals surface area contributed by atoms with Gasteiger partial charge in [-0.3, -0.25) is 9.36 Å². The molecule has 0 spiro atoms. The predicted molar refractivity (Wildman–Crippen MR) is 95.0 cm³/mol. The van der Waals surface area contributed by atoms with Crippen molar-refractivity contribution in [1.82, 2.24) is 14.8 Å². The topological polar surface area (TPSA) is 47.8 Å². The van der Waals surface area contributed by atoms with Crippen molar-refractivity contribution in [3.05, 3.63) is 65.8 Å². The van der Waals surface area contributed by atoms with Gasteiger partial charge in [0.2, 0.25) is 0 Å². The van der Waals surface area contributed by atoms with E-state index < -0.39 is 0 Å². The molecule has 0 saturated heterocycles. The molecule has 2 heterocycles. The van der Waals surface area contributed by atoms with Gasteiger partial charge in [-0.25, -0.2) is 4.39 Å². The Morgan fingerprint density at radius 1 is 1.29 bits per heavy atom. The summed E-state index contributed by atoms with van der Waals surface area (Å²) in [5.41, 5.74) is 0.483. The summed E-state index contributed by atoms with van der Waals surface area (Å²) in [4.78, 5) is 13.2. The number of allylic oxidation sites excluding steroid dienone is 1. The standard InChI is InChI=1S/C17H14FN3OS2/c1-2-9-21-16(15-4-3-10-23-15)19-20-17(21)24-11-14(22)12-5-7-13(18)8-6-12/h2-8,10H,1,9,11H2. The van der Waals surface area contributed by atoms with Crippen molar-refractivity contribution in [3.63, 3.8) is 0 Å². The maximum absolute atomic E-state index is 12.9. The molecule has 0 bridgehead atoms. The van der Waals surface area contributed by atoms with E-state index in [1.165, 1.54) is 36.0 Å². The van der Waals surface area contributed by atoms with Gasteiger partial charge in [0.25, 0.3) is 0 Å². The van der Waals surface area contributed by atoms with Crippen LogP contribution in [0.15, 0.2) is 59.6 Å². The van der Waals surface area contributed by atoms with Gasteiger partial charge in [0.05, 0.1) is 10.6 Å². The molecule has 24 heavy (non-hydrogen) atoms. The predicted octanol–water partition coefficient (Wildman–Crippen LogP) is 4.31. The first kappa shape index (κ1) is 16.6. The number of halogens is 1. The molecule has 1 aromatic carbocycles. The summed E-state index contributed by atoms with van der Waals surface area (Å²) in [7, 11) is 0. The zero-order valence-corrected chi connectivity index (χ0v) is 14.3. The molecule has 0 amide bonds. The normalized spacial score (nSPS) is 10.7. The Labute approximate surface area is 147 Å². The van der Waals surface area contributed by atoms with E-state index in [-0.39, 0.29) is 17.4 Å². The second kappa shape index (κ2) is 7.55. The van der Waals surface area contributed by atoms with Gasteiger partial charge in [0, 0.05) is 12.1 Å². The lowest BCUT2D eigenvalue weighted by Crippen LogP contribution is -2.05. The number of thioether (sulfide) groups is 1.